The van der Waals surface area contributed by atoms with E-state index in [2.05, 4.69) is 12.2 Å². The zero-order valence-electron chi connectivity index (χ0n) is 21.5. The van der Waals surface area contributed by atoms with Crippen molar-refractivity contribution in [1.29, 1.82) is 0 Å². The predicted octanol–water partition coefficient (Wildman–Crippen LogP) is 6.79. The van der Waals surface area contributed by atoms with E-state index in [-0.39, 0.29) is 17.6 Å². The molecule has 186 valence electrons. The zero-order chi connectivity index (χ0) is 25.7. The molecule has 0 saturated heterocycles. The van der Waals surface area contributed by atoms with Crippen LogP contribution in [0.2, 0.25) is 0 Å². The standard InChI is InChI=1S/C30H34N4O2/c1-5-7-20-33(30(36)31-23-16-12-21(3)13-17-23)27(6-2)28-32-26-11-9-8-10-25(26)29(35)34(28)24-18-14-22(4)15-19-24/h8-19,27H,5-7,20H2,1-4H3,(H,31,36). The predicted molar refractivity (Wildman–Crippen MR) is 147 cm³/mol. The number of rotatable bonds is 8. The van der Waals surface area contributed by atoms with Gasteiger partial charge in [0.15, 0.2) is 0 Å². The molecule has 0 spiro atoms. The van der Waals surface area contributed by atoms with Gasteiger partial charge in [-0.3, -0.25) is 9.36 Å². The van der Waals surface area contributed by atoms with Gasteiger partial charge >= 0.3 is 6.03 Å². The van der Waals surface area contributed by atoms with E-state index >= 15 is 0 Å². The molecule has 3 aromatic carbocycles. The van der Waals surface area contributed by atoms with Crippen molar-refractivity contribution in [1.82, 2.24) is 14.5 Å². The molecule has 0 aliphatic heterocycles. The number of carbonyl (C=O) groups is 1. The highest BCUT2D eigenvalue weighted by Gasteiger charge is 2.29. The van der Waals surface area contributed by atoms with E-state index in [9.17, 15) is 9.59 Å². The first kappa shape index (κ1) is 25.2. The van der Waals surface area contributed by atoms with Crippen LogP contribution in [0.4, 0.5) is 10.5 Å². The van der Waals surface area contributed by atoms with E-state index in [0.29, 0.717) is 29.7 Å². The maximum Gasteiger partial charge on any atom is 0.322 e. The number of aryl methyl sites for hydroxylation is 2. The highest BCUT2D eigenvalue weighted by molar-refractivity contribution is 5.89. The lowest BCUT2D eigenvalue weighted by atomic mass is 10.1. The molecule has 1 unspecified atom stereocenters. The fraction of sp³-hybridized carbons (Fsp3) is 0.300. The lowest BCUT2D eigenvalue weighted by Crippen LogP contribution is -2.41. The molecule has 4 rings (SSSR count). The first-order valence-corrected chi connectivity index (χ1v) is 12.7. The summed E-state index contributed by atoms with van der Waals surface area (Å²) in [7, 11) is 0. The van der Waals surface area contributed by atoms with Crippen molar-refractivity contribution in [2.45, 2.75) is 53.0 Å². The van der Waals surface area contributed by atoms with Crippen LogP contribution in [0, 0.1) is 13.8 Å². The number of nitrogens with zero attached hydrogens (tertiary/aromatic N) is 3. The molecule has 1 atom stereocenters. The second-order valence-corrected chi connectivity index (χ2v) is 9.23. The van der Waals surface area contributed by atoms with Gasteiger partial charge in [0.05, 0.1) is 22.6 Å². The fourth-order valence-corrected chi connectivity index (χ4v) is 4.42. The fourth-order valence-electron chi connectivity index (χ4n) is 4.42. The van der Waals surface area contributed by atoms with Gasteiger partial charge in [0.2, 0.25) is 0 Å². The lowest BCUT2D eigenvalue weighted by Gasteiger charge is -2.32. The molecule has 0 saturated carbocycles. The van der Waals surface area contributed by atoms with Gasteiger partial charge in [-0.1, -0.05) is 67.8 Å². The number of aromatic nitrogens is 2. The van der Waals surface area contributed by atoms with Gasteiger partial charge in [-0.2, -0.15) is 0 Å². The van der Waals surface area contributed by atoms with Crippen LogP contribution < -0.4 is 10.9 Å². The molecule has 2 amide bonds. The minimum absolute atomic E-state index is 0.132. The number of carbonyl (C=O) groups excluding carboxylic acids is 1. The van der Waals surface area contributed by atoms with Gasteiger partial charge in [-0.15, -0.1) is 0 Å². The van der Waals surface area contributed by atoms with Crippen molar-refractivity contribution in [3.8, 4) is 5.69 Å². The quantitative estimate of drug-likeness (QED) is 0.301. The van der Waals surface area contributed by atoms with Crippen LogP contribution in [0.1, 0.15) is 56.1 Å². The van der Waals surface area contributed by atoms with Crippen LogP contribution in [-0.4, -0.2) is 27.0 Å². The summed E-state index contributed by atoms with van der Waals surface area (Å²) in [6, 6.07) is 22.4. The second-order valence-electron chi connectivity index (χ2n) is 9.23. The third-order valence-corrected chi connectivity index (χ3v) is 6.47. The summed E-state index contributed by atoms with van der Waals surface area (Å²) in [5.41, 5.74) is 4.22. The molecule has 1 heterocycles. The molecule has 4 aromatic rings. The number of amides is 2. The minimum atomic E-state index is -0.388. The van der Waals surface area contributed by atoms with Gasteiger partial charge < -0.3 is 10.2 Å². The monoisotopic (exact) mass is 482 g/mol. The average Bonchev–Trinajstić information content (AvgIpc) is 2.88. The van der Waals surface area contributed by atoms with Crippen LogP contribution in [0.15, 0.2) is 77.6 Å². The van der Waals surface area contributed by atoms with Gasteiger partial charge in [0.25, 0.3) is 5.56 Å². The Labute approximate surface area is 212 Å². The Balaban J connectivity index is 1.85. The lowest BCUT2D eigenvalue weighted by molar-refractivity contribution is 0.180. The van der Waals surface area contributed by atoms with Crippen molar-refractivity contribution in [3.05, 3.63) is 100 Å². The molecule has 6 heteroatoms. The van der Waals surface area contributed by atoms with Crippen LogP contribution in [0.25, 0.3) is 16.6 Å². The number of nitrogens with one attached hydrogen (secondary N) is 1. The Bertz CT molecular complexity index is 1390. The maximum absolute atomic E-state index is 13.8. The van der Waals surface area contributed by atoms with Gasteiger partial charge in [0.1, 0.15) is 5.82 Å². The van der Waals surface area contributed by atoms with Gasteiger partial charge in [-0.05, 0) is 63.1 Å². The Hall–Kier alpha value is -3.93. The minimum Gasteiger partial charge on any atom is -0.314 e. The molecule has 0 bridgehead atoms. The van der Waals surface area contributed by atoms with Crippen molar-refractivity contribution >= 4 is 22.6 Å². The Kier molecular flexibility index (Phi) is 7.84. The zero-order valence-corrected chi connectivity index (χ0v) is 21.5. The van der Waals surface area contributed by atoms with E-state index in [1.165, 1.54) is 0 Å². The number of hydrogen-bond donors (Lipinski definition) is 1. The molecule has 1 aromatic heterocycles. The van der Waals surface area contributed by atoms with E-state index in [1.807, 2.05) is 92.4 Å². The smallest absolute Gasteiger partial charge is 0.314 e. The molecular formula is C30H34N4O2. The van der Waals surface area contributed by atoms with Gasteiger partial charge in [0, 0.05) is 12.2 Å². The first-order chi connectivity index (χ1) is 17.4. The number of unbranched alkanes of at least 4 members (excludes halogenated alkanes) is 1. The third kappa shape index (κ3) is 5.33. The van der Waals surface area contributed by atoms with Crippen LogP contribution in [-0.2, 0) is 0 Å². The highest BCUT2D eigenvalue weighted by Crippen LogP contribution is 2.27. The topological polar surface area (TPSA) is 67.2 Å². The molecule has 0 radical (unpaired) electrons. The molecule has 1 N–H and O–H groups in total. The van der Waals surface area contributed by atoms with Crippen molar-refractivity contribution in [3.63, 3.8) is 0 Å². The molecule has 0 fully saturated rings. The second kappa shape index (κ2) is 11.2. The number of urea groups is 1. The summed E-state index contributed by atoms with van der Waals surface area (Å²) in [4.78, 5) is 34.2. The molecule has 6 nitrogen and oxygen atoms in total. The molecule has 36 heavy (non-hydrogen) atoms. The SMILES string of the molecule is CCCCN(C(=O)Nc1ccc(C)cc1)C(CC)c1nc2ccccc2c(=O)n1-c1ccc(C)cc1. The third-order valence-electron chi connectivity index (χ3n) is 6.47. The van der Waals surface area contributed by atoms with Gasteiger partial charge in [-0.25, -0.2) is 9.78 Å². The van der Waals surface area contributed by atoms with Crippen LogP contribution in [0.5, 0.6) is 0 Å². The maximum atomic E-state index is 13.8. The number of hydrogen-bond acceptors (Lipinski definition) is 3. The molecule has 0 aliphatic carbocycles. The summed E-state index contributed by atoms with van der Waals surface area (Å²) in [6.07, 6.45) is 2.41. The Morgan fingerprint density at radius 1 is 0.944 bits per heavy atom. The molecule has 0 aliphatic rings. The Morgan fingerprint density at radius 2 is 1.58 bits per heavy atom. The normalized spacial score (nSPS) is 11.9. The van der Waals surface area contributed by atoms with Crippen LogP contribution in [0.3, 0.4) is 0 Å². The highest BCUT2D eigenvalue weighted by atomic mass is 16.2. The number of fused-ring (bicyclic) bond motifs is 1. The van der Waals surface area contributed by atoms with E-state index < -0.39 is 0 Å². The number of benzene rings is 3. The van der Waals surface area contributed by atoms with Crippen molar-refractivity contribution < 1.29 is 4.79 Å². The van der Waals surface area contributed by atoms with E-state index in [1.54, 1.807) is 10.6 Å². The summed E-state index contributed by atoms with van der Waals surface area (Å²) < 4.78 is 1.67. The number of para-hydroxylation sites is 1. The summed E-state index contributed by atoms with van der Waals surface area (Å²) in [5.74, 6) is 0.570. The number of anilines is 1. The van der Waals surface area contributed by atoms with Crippen LogP contribution >= 0.6 is 0 Å². The van der Waals surface area contributed by atoms with E-state index in [4.69, 9.17) is 4.98 Å². The summed E-state index contributed by atoms with van der Waals surface area (Å²) in [6.45, 7) is 8.73. The van der Waals surface area contributed by atoms with Crippen molar-refractivity contribution in [2.24, 2.45) is 0 Å². The van der Waals surface area contributed by atoms with E-state index in [0.717, 1.165) is 35.3 Å². The first-order valence-electron chi connectivity index (χ1n) is 12.7. The summed E-state index contributed by atoms with van der Waals surface area (Å²) in [5, 5.41) is 3.61. The largest absolute Gasteiger partial charge is 0.322 e. The summed E-state index contributed by atoms with van der Waals surface area (Å²) >= 11 is 0. The molecular weight excluding hydrogens is 448 g/mol. The van der Waals surface area contributed by atoms with Crippen molar-refractivity contribution in [2.75, 3.05) is 11.9 Å². The average molecular weight is 483 g/mol. The Morgan fingerprint density at radius 3 is 2.22 bits per heavy atom.